The van der Waals surface area contributed by atoms with Crippen molar-refractivity contribution in [3.63, 3.8) is 0 Å². The van der Waals surface area contributed by atoms with Gasteiger partial charge in [0, 0.05) is 12.1 Å². The minimum absolute atomic E-state index is 0.154. The van der Waals surface area contributed by atoms with Crippen molar-refractivity contribution in [1.82, 2.24) is 10.6 Å². The topological polar surface area (TPSA) is 41.1 Å². The zero-order chi connectivity index (χ0) is 13.8. The van der Waals surface area contributed by atoms with E-state index in [0.717, 1.165) is 31.7 Å². The second-order valence-electron chi connectivity index (χ2n) is 4.93. The second-order valence-corrected chi connectivity index (χ2v) is 5.34. The fraction of sp³-hybridized carbons (Fsp3) is 0.500. The lowest BCUT2D eigenvalue weighted by Crippen LogP contribution is -2.41. The van der Waals surface area contributed by atoms with Crippen LogP contribution in [-0.2, 0) is 0 Å². The number of hydrogen-bond acceptors (Lipinski definition) is 2. The van der Waals surface area contributed by atoms with Gasteiger partial charge in [0.25, 0.3) is 5.91 Å². The molecule has 19 heavy (non-hydrogen) atoms. The summed E-state index contributed by atoms with van der Waals surface area (Å²) in [6.45, 7) is 0. The van der Waals surface area contributed by atoms with Gasteiger partial charge in [0.15, 0.2) is 0 Å². The van der Waals surface area contributed by atoms with Crippen molar-refractivity contribution in [2.24, 2.45) is 0 Å². The van der Waals surface area contributed by atoms with E-state index < -0.39 is 5.82 Å². The number of halogens is 2. The largest absolute Gasteiger partial charge is 0.349 e. The highest BCUT2D eigenvalue weighted by Gasteiger charge is 2.22. The standard InChI is InChI=1S/C14H18ClFN2O/c1-17-10-3-5-11(6-4-10)18-14(19)12-7-2-9(16)8-13(12)15/h2,7-8,10-11,17H,3-6H2,1H3,(H,18,19). The minimum Gasteiger partial charge on any atom is -0.349 e. The zero-order valence-electron chi connectivity index (χ0n) is 10.9. The average molecular weight is 285 g/mol. The predicted octanol–water partition coefficient (Wildman–Crippen LogP) is 2.74. The van der Waals surface area contributed by atoms with Gasteiger partial charge in [0.1, 0.15) is 5.82 Å². The van der Waals surface area contributed by atoms with E-state index in [1.54, 1.807) is 0 Å². The van der Waals surface area contributed by atoms with Crippen LogP contribution in [0, 0.1) is 5.82 Å². The number of amides is 1. The van der Waals surface area contributed by atoms with Gasteiger partial charge in [-0.1, -0.05) is 11.6 Å². The number of carbonyl (C=O) groups excluding carboxylic acids is 1. The summed E-state index contributed by atoms with van der Waals surface area (Å²) >= 11 is 5.88. The van der Waals surface area contributed by atoms with Crippen LogP contribution in [0.1, 0.15) is 36.0 Å². The van der Waals surface area contributed by atoms with Crippen LogP contribution in [0.15, 0.2) is 18.2 Å². The molecule has 2 N–H and O–H groups in total. The highest BCUT2D eigenvalue weighted by atomic mass is 35.5. The molecule has 104 valence electrons. The number of hydrogen-bond donors (Lipinski definition) is 2. The Bertz CT molecular complexity index is 459. The molecule has 1 aromatic rings. The quantitative estimate of drug-likeness (QED) is 0.896. The van der Waals surface area contributed by atoms with E-state index in [-0.39, 0.29) is 17.0 Å². The van der Waals surface area contributed by atoms with Gasteiger partial charge in [0.2, 0.25) is 0 Å². The fourth-order valence-electron chi connectivity index (χ4n) is 2.46. The van der Waals surface area contributed by atoms with Crippen molar-refractivity contribution in [2.45, 2.75) is 37.8 Å². The van der Waals surface area contributed by atoms with Gasteiger partial charge in [-0.25, -0.2) is 4.39 Å². The van der Waals surface area contributed by atoms with Crippen LogP contribution in [0.4, 0.5) is 4.39 Å². The van der Waals surface area contributed by atoms with Crippen LogP contribution >= 0.6 is 11.6 Å². The molecule has 1 aliphatic carbocycles. The number of nitrogens with one attached hydrogen (secondary N) is 2. The van der Waals surface area contributed by atoms with Gasteiger partial charge in [-0.05, 0) is 50.9 Å². The summed E-state index contributed by atoms with van der Waals surface area (Å²) in [7, 11) is 1.96. The Kier molecular flexibility index (Phi) is 4.77. The number of carbonyl (C=O) groups is 1. The molecule has 0 heterocycles. The normalized spacial score (nSPS) is 23.1. The number of benzene rings is 1. The molecule has 0 spiro atoms. The smallest absolute Gasteiger partial charge is 0.253 e. The maximum Gasteiger partial charge on any atom is 0.253 e. The Balaban J connectivity index is 1.94. The predicted molar refractivity (Wildman–Crippen MR) is 74.0 cm³/mol. The fourth-order valence-corrected chi connectivity index (χ4v) is 2.72. The van der Waals surface area contributed by atoms with Crippen molar-refractivity contribution in [1.29, 1.82) is 0 Å². The molecule has 0 radical (unpaired) electrons. The lowest BCUT2D eigenvalue weighted by molar-refractivity contribution is 0.0925. The first kappa shape index (κ1) is 14.3. The van der Waals surface area contributed by atoms with Gasteiger partial charge < -0.3 is 10.6 Å². The van der Waals surface area contributed by atoms with Crippen molar-refractivity contribution in [3.8, 4) is 0 Å². The molecule has 1 saturated carbocycles. The van der Waals surface area contributed by atoms with Crippen LogP contribution in [0.3, 0.4) is 0 Å². The molecule has 2 rings (SSSR count). The monoisotopic (exact) mass is 284 g/mol. The third kappa shape index (κ3) is 3.67. The molecule has 5 heteroatoms. The minimum atomic E-state index is -0.434. The Labute approximate surface area is 117 Å². The van der Waals surface area contributed by atoms with Crippen molar-refractivity contribution in [3.05, 3.63) is 34.6 Å². The van der Waals surface area contributed by atoms with Gasteiger partial charge >= 0.3 is 0 Å². The summed E-state index contributed by atoms with van der Waals surface area (Å²) in [5.41, 5.74) is 0.332. The van der Waals surface area contributed by atoms with Crippen LogP contribution in [0.25, 0.3) is 0 Å². The van der Waals surface area contributed by atoms with E-state index in [1.807, 2.05) is 7.05 Å². The first-order valence-corrected chi connectivity index (χ1v) is 6.91. The van der Waals surface area contributed by atoms with E-state index in [0.29, 0.717) is 11.6 Å². The molecule has 0 unspecified atom stereocenters. The second kappa shape index (κ2) is 6.35. The SMILES string of the molecule is CNC1CCC(NC(=O)c2ccc(F)cc2Cl)CC1. The Morgan fingerprint density at radius 3 is 2.47 bits per heavy atom. The first-order chi connectivity index (χ1) is 9.10. The van der Waals surface area contributed by atoms with E-state index in [4.69, 9.17) is 11.6 Å². The summed E-state index contributed by atoms with van der Waals surface area (Å²) in [6.07, 6.45) is 4.02. The Morgan fingerprint density at radius 1 is 1.26 bits per heavy atom. The maximum atomic E-state index is 12.9. The van der Waals surface area contributed by atoms with Crippen LogP contribution in [-0.4, -0.2) is 25.0 Å². The molecule has 0 aromatic heterocycles. The summed E-state index contributed by atoms with van der Waals surface area (Å²) in [4.78, 5) is 12.1. The molecular formula is C14H18ClFN2O. The van der Waals surface area contributed by atoms with Crippen molar-refractivity contribution < 1.29 is 9.18 Å². The molecule has 0 atom stereocenters. The van der Waals surface area contributed by atoms with Gasteiger partial charge in [-0.3, -0.25) is 4.79 Å². The molecule has 1 aromatic carbocycles. The lowest BCUT2D eigenvalue weighted by atomic mass is 9.91. The van der Waals surface area contributed by atoms with E-state index in [1.165, 1.54) is 12.1 Å². The molecule has 1 amide bonds. The highest BCUT2D eigenvalue weighted by Crippen LogP contribution is 2.21. The van der Waals surface area contributed by atoms with E-state index >= 15 is 0 Å². The third-order valence-electron chi connectivity index (χ3n) is 3.65. The average Bonchev–Trinajstić information content (AvgIpc) is 2.39. The first-order valence-electron chi connectivity index (χ1n) is 6.53. The van der Waals surface area contributed by atoms with E-state index in [2.05, 4.69) is 10.6 Å². The van der Waals surface area contributed by atoms with Crippen molar-refractivity contribution >= 4 is 17.5 Å². The highest BCUT2D eigenvalue weighted by molar-refractivity contribution is 6.33. The maximum absolute atomic E-state index is 12.9. The van der Waals surface area contributed by atoms with Crippen molar-refractivity contribution in [2.75, 3.05) is 7.05 Å². The molecule has 3 nitrogen and oxygen atoms in total. The zero-order valence-corrected chi connectivity index (χ0v) is 11.6. The van der Waals surface area contributed by atoms with Gasteiger partial charge in [0.05, 0.1) is 10.6 Å². The molecule has 0 aliphatic heterocycles. The van der Waals surface area contributed by atoms with Gasteiger partial charge in [-0.15, -0.1) is 0 Å². The summed E-state index contributed by atoms with van der Waals surface area (Å²) < 4.78 is 12.9. The summed E-state index contributed by atoms with van der Waals surface area (Å²) in [6, 6.07) is 4.56. The summed E-state index contributed by atoms with van der Waals surface area (Å²) in [5, 5.41) is 6.37. The Morgan fingerprint density at radius 2 is 1.89 bits per heavy atom. The molecule has 1 aliphatic rings. The number of rotatable bonds is 3. The van der Waals surface area contributed by atoms with Crippen LogP contribution in [0.2, 0.25) is 5.02 Å². The summed E-state index contributed by atoms with van der Waals surface area (Å²) in [5.74, 6) is -0.658. The lowest BCUT2D eigenvalue weighted by Gasteiger charge is -2.28. The molecule has 1 fully saturated rings. The Hall–Kier alpha value is -1.13. The van der Waals surface area contributed by atoms with Crippen LogP contribution < -0.4 is 10.6 Å². The van der Waals surface area contributed by atoms with Gasteiger partial charge in [-0.2, -0.15) is 0 Å². The van der Waals surface area contributed by atoms with E-state index in [9.17, 15) is 9.18 Å². The molecule has 0 bridgehead atoms. The third-order valence-corrected chi connectivity index (χ3v) is 3.96. The molecule has 0 saturated heterocycles. The molecular weight excluding hydrogens is 267 g/mol. The van der Waals surface area contributed by atoms with Crippen LogP contribution in [0.5, 0.6) is 0 Å².